The van der Waals surface area contributed by atoms with E-state index in [1.54, 1.807) is 0 Å². The number of ether oxygens (including phenoxy) is 1. The van der Waals surface area contributed by atoms with Crippen LogP contribution < -0.4 is 0 Å². The molecule has 2 atom stereocenters. The fourth-order valence-electron chi connectivity index (χ4n) is 2.35. The summed E-state index contributed by atoms with van der Waals surface area (Å²) in [7, 11) is 1.41. The molecule has 0 aliphatic heterocycles. The third-order valence-corrected chi connectivity index (χ3v) is 3.50. The molecule has 0 heterocycles. The Morgan fingerprint density at radius 2 is 2.07 bits per heavy atom. The first-order valence-electron chi connectivity index (χ1n) is 5.04. The maximum Gasteiger partial charge on any atom is 0.305 e. The molecule has 0 N–H and O–H groups in total. The highest BCUT2D eigenvalue weighted by Gasteiger charge is 2.57. The van der Waals surface area contributed by atoms with E-state index in [9.17, 15) is 9.59 Å². The second-order valence-corrected chi connectivity index (χ2v) is 4.56. The van der Waals surface area contributed by atoms with Gasteiger partial charge in [0.05, 0.1) is 7.11 Å². The summed E-state index contributed by atoms with van der Waals surface area (Å²) in [6.45, 7) is 4.30. The molecule has 1 saturated carbocycles. The van der Waals surface area contributed by atoms with Crippen LogP contribution in [-0.4, -0.2) is 19.4 Å². The molecule has 0 aromatic heterocycles. The smallest absolute Gasteiger partial charge is 0.305 e. The summed E-state index contributed by atoms with van der Waals surface area (Å²) in [6.07, 6.45) is 2.94. The zero-order chi connectivity index (χ0) is 10.8. The highest BCUT2D eigenvalue weighted by atomic mass is 16.5. The van der Waals surface area contributed by atoms with Crippen molar-refractivity contribution in [3.8, 4) is 0 Å². The lowest BCUT2D eigenvalue weighted by Crippen LogP contribution is -2.03. The quantitative estimate of drug-likeness (QED) is 0.499. The van der Waals surface area contributed by atoms with Crippen LogP contribution in [0.15, 0.2) is 0 Å². The second kappa shape index (κ2) is 4.11. The Morgan fingerprint density at radius 3 is 2.57 bits per heavy atom. The highest BCUT2D eigenvalue weighted by molar-refractivity contribution is 5.70. The van der Waals surface area contributed by atoms with Crippen molar-refractivity contribution in [3.05, 3.63) is 0 Å². The average Bonchev–Trinajstić information content (AvgIpc) is 2.64. The van der Waals surface area contributed by atoms with E-state index in [2.05, 4.69) is 18.6 Å². The standard InChI is InChI=1S/C11H18O3/c1-11(2)8(5-4-6-12)9(11)7-10(13)14-3/h6,8-9H,4-5,7H2,1-3H3. The number of carbonyl (C=O) groups excluding carboxylic acids is 2. The summed E-state index contributed by atoms with van der Waals surface area (Å²) in [5, 5.41) is 0. The number of carbonyl (C=O) groups is 2. The first kappa shape index (κ1) is 11.2. The van der Waals surface area contributed by atoms with Crippen molar-refractivity contribution >= 4 is 12.3 Å². The Labute approximate surface area is 84.8 Å². The average molecular weight is 198 g/mol. The molecule has 3 nitrogen and oxygen atoms in total. The van der Waals surface area contributed by atoms with Gasteiger partial charge in [0.1, 0.15) is 6.29 Å². The highest BCUT2D eigenvalue weighted by Crippen LogP contribution is 2.61. The molecular weight excluding hydrogens is 180 g/mol. The predicted molar refractivity (Wildman–Crippen MR) is 52.7 cm³/mol. The number of hydrogen-bond acceptors (Lipinski definition) is 3. The van der Waals surface area contributed by atoms with Gasteiger partial charge >= 0.3 is 5.97 Å². The number of rotatable bonds is 5. The van der Waals surface area contributed by atoms with Crippen LogP contribution in [0, 0.1) is 17.3 Å². The van der Waals surface area contributed by atoms with Crippen molar-refractivity contribution in [2.45, 2.75) is 33.1 Å². The van der Waals surface area contributed by atoms with Crippen molar-refractivity contribution in [1.82, 2.24) is 0 Å². The van der Waals surface area contributed by atoms with Crippen LogP contribution in [0.4, 0.5) is 0 Å². The first-order chi connectivity index (χ1) is 6.54. The minimum atomic E-state index is -0.142. The Kier molecular flexibility index (Phi) is 3.29. The van der Waals surface area contributed by atoms with E-state index in [-0.39, 0.29) is 11.4 Å². The topological polar surface area (TPSA) is 43.4 Å². The molecule has 2 unspecified atom stereocenters. The molecule has 1 fully saturated rings. The SMILES string of the molecule is COC(=O)CC1C(CCC=O)C1(C)C. The lowest BCUT2D eigenvalue weighted by atomic mass is 10.1. The Bertz CT molecular complexity index is 233. The van der Waals surface area contributed by atoms with Gasteiger partial charge in [-0.3, -0.25) is 4.79 Å². The van der Waals surface area contributed by atoms with E-state index in [4.69, 9.17) is 0 Å². The van der Waals surface area contributed by atoms with Crippen LogP contribution in [0.3, 0.4) is 0 Å². The Balaban J connectivity index is 2.40. The van der Waals surface area contributed by atoms with Gasteiger partial charge in [0.25, 0.3) is 0 Å². The molecule has 0 bridgehead atoms. The first-order valence-corrected chi connectivity index (χ1v) is 5.04. The molecule has 1 aliphatic carbocycles. The van der Waals surface area contributed by atoms with Crippen LogP contribution in [0.2, 0.25) is 0 Å². The molecule has 1 rings (SSSR count). The second-order valence-electron chi connectivity index (χ2n) is 4.56. The van der Waals surface area contributed by atoms with Gasteiger partial charge < -0.3 is 9.53 Å². The third kappa shape index (κ3) is 2.14. The van der Waals surface area contributed by atoms with Gasteiger partial charge in [-0.25, -0.2) is 0 Å². The molecule has 0 spiro atoms. The van der Waals surface area contributed by atoms with Crippen molar-refractivity contribution in [1.29, 1.82) is 0 Å². The molecule has 0 aromatic carbocycles. The number of esters is 1. The summed E-state index contributed by atoms with van der Waals surface area (Å²) in [6, 6.07) is 0. The molecule has 1 aliphatic rings. The van der Waals surface area contributed by atoms with Gasteiger partial charge in [0.2, 0.25) is 0 Å². The molecule has 0 saturated heterocycles. The van der Waals surface area contributed by atoms with Gasteiger partial charge in [-0.2, -0.15) is 0 Å². The van der Waals surface area contributed by atoms with Gasteiger partial charge in [0, 0.05) is 12.8 Å². The van der Waals surface area contributed by atoms with Crippen molar-refractivity contribution in [2.24, 2.45) is 17.3 Å². The molecule has 3 heteroatoms. The zero-order valence-electron chi connectivity index (χ0n) is 9.08. The van der Waals surface area contributed by atoms with E-state index < -0.39 is 0 Å². The molecule has 80 valence electrons. The van der Waals surface area contributed by atoms with Crippen molar-refractivity contribution in [3.63, 3.8) is 0 Å². The van der Waals surface area contributed by atoms with Gasteiger partial charge in [-0.15, -0.1) is 0 Å². The number of aldehydes is 1. The Morgan fingerprint density at radius 1 is 1.43 bits per heavy atom. The third-order valence-electron chi connectivity index (χ3n) is 3.50. The summed E-state index contributed by atoms with van der Waals surface area (Å²) in [5.74, 6) is 0.762. The van der Waals surface area contributed by atoms with E-state index in [1.165, 1.54) is 7.11 Å². The summed E-state index contributed by atoms with van der Waals surface area (Å²) in [4.78, 5) is 21.3. The fourth-order valence-corrected chi connectivity index (χ4v) is 2.35. The van der Waals surface area contributed by atoms with E-state index in [0.717, 1.165) is 12.7 Å². The van der Waals surface area contributed by atoms with Gasteiger partial charge in [-0.05, 0) is 23.7 Å². The monoisotopic (exact) mass is 198 g/mol. The largest absolute Gasteiger partial charge is 0.469 e. The number of methoxy groups -OCH3 is 1. The van der Waals surface area contributed by atoms with Crippen LogP contribution in [-0.2, 0) is 14.3 Å². The minimum Gasteiger partial charge on any atom is -0.469 e. The maximum atomic E-state index is 11.1. The summed E-state index contributed by atoms with van der Waals surface area (Å²) < 4.78 is 4.64. The predicted octanol–water partition coefficient (Wildman–Crippen LogP) is 1.80. The normalized spacial score (nSPS) is 28.2. The zero-order valence-corrected chi connectivity index (χ0v) is 9.08. The molecule has 0 amide bonds. The lowest BCUT2D eigenvalue weighted by Gasteiger charge is -2.00. The summed E-state index contributed by atoms with van der Waals surface area (Å²) >= 11 is 0. The molecule has 14 heavy (non-hydrogen) atoms. The van der Waals surface area contributed by atoms with Crippen LogP contribution >= 0.6 is 0 Å². The number of hydrogen-bond donors (Lipinski definition) is 0. The van der Waals surface area contributed by atoms with Gasteiger partial charge in [0.15, 0.2) is 0 Å². The Hall–Kier alpha value is -0.860. The van der Waals surface area contributed by atoms with Crippen molar-refractivity contribution < 1.29 is 14.3 Å². The lowest BCUT2D eigenvalue weighted by molar-refractivity contribution is -0.141. The van der Waals surface area contributed by atoms with Crippen LogP contribution in [0.1, 0.15) is 33.1 Å². The fraction of sp³-hybridized carbons (Fsp3) is 0.818. The van der Waals surface area contributed by atoms with Gasteiger partial charge in [-0.1, -0.05) is 13.8 Å². The van der Waals surface area contributed by atoms with Crippen molar-refractivity contribution in [2.75, 3.05) is 7.11 Å². The van der Waals surface area contributed by atoms with E-state index >= 15 is 0 Å². The van der Waals surface area contributed by atoms with Crippen LogP contribution in [0.25, 0.3) is 0 Å². The summed E-state index contributed by atoms with van der Waals surface area (Å²) in [5.41, 5.74) is 0.206. The van der Waals surface area contributed by atoms with E-state index in [1.807, 2.05) is 0 Å². The maximum absolute atomic E-state index is 11.1. The minimum absolute atomic E-state index is 0.142. The van der Waals surface area contributed by atoms with E-state index in [0.29, 0.717) is 24.7 Å². The van der Waals surface area contributed by atoms with Crippen LogP contribution in [0.5, 0.6) is 0 Å². The molecular formula is C11H18O3. The molecule has 0 radical (unpaired) electrons. The molecule has 0 aromatic rings.